The fourth-order valence-corrected chi connectivity index (χ4v) is 2.28. The molecule has 2 aromatic rings. The van der Waals surface area contributed by atoms with Gasteiger partial charge in [-0.25, -0.2) is 0 Å². The van der Waals surface area contributed by atoms with E-state index in [1.165, 1.54) is 0 Å². The quantitative estimate of drug-likeness (QED) is 0.818. The topological polar surface area (TPSA) is 59.7 Å². The summed E-state index contributed by atoms with van der Waals surface area (Å²) in [4.78, 5) is 0. The van der Waals surface area contributed by atoms with Gasteiger partial charge in [-0.1, -0.05) is 0 Å². The lowest BCUT2D eigenvalue weighted by Crippen LogP contribution is -2.34. The Morgan fingerprint density at radius 2 is 1.95 bits per heavy atom. The van der Waals surface area contributed by atoms with Crippen molar-refractivity contribution in [3.8, 4) is 0 Å². The lowest BCUT2D eigenvalue weighted by Gasteiger charge is -2.10. The summed E-state index contributed by atoms with van der Waals surface area (Å²) in [6, 6.07) is 2.05. The van der Waals surface area contributed by atoms with Gasteiger partial charge < -0.3 is 10.6 Å². The Balaban J connectivity index is 1.82. The predicted molar refractivity (Wildman–Crippen MR) is 86.9 cm³/mol. The first-order chi connectivity index (χ1) is 9.99. The van der Waals surface area contributed by atoms with Crippen LogP contribution in [0.3, 0.4) is 0 Å². The smallest absolute Gasteiger partial charge is 0.166 e. The van der Waals surface area contributed by atoms with Gasteiger partial charge in [0.05, 0.1) is 23.6 Å². The Bertz CT molecular complexity index is 627. The lowest BCUT2D eigenvalue weighted by molar-refractivity contribution is 0.653. The van der Waals surface area contributed by atoms with Crippen molar-refractivity contribution in [2.75, 3.05) is 0 Å². The molecule has 6 nitrogen and oxygen atoms in total. The Kier molecular flexibility index (Phi) is 4.95. The summed E-state index contributed by atoms with van der Waals surface area (Å²) >= 11 is 5.30. The molecule has 2 N–H and O–H groups in total. The average Bonchev–Trinajstić information content (AvgIpc) is 2.96. The van der Waals surface area contributed by atoms with Crippen molar-refractivity contribution in [2.24, 2.45) is 7.05 Å². The molecule has 2 aromatic heterocycles. The lowest BCUT2D eigenvalue weighted by atomic mass is 10.3. The average molecular weight is 306 g/mol. The van der Waals surface area contributed by atoms with E-state index in [-0.39, 0.29) is 0 Å². The zero-order valence-electron chi connectivity index (χ0n) is 13.0. The highest BCUT2D eigenvalue weighted by Crippen LogP contribution is 2.05. The van der Waals surface area contributed by atoms with E-state index >= 15 is 0 Å². The molecule has 0 radical (unpaired) electrons. The first kappa shape index (κ1) is 15.5. The second-order valence-corrected chi connectivity index (χ2v) is 5.44. The van der Waals surface area contributed by atoms with Crippen LogP contribution in [0, 0.1) is 13.8 Å². The minimum atomic E-state index is 0.637. The van der Waals surface area contributed by atoms with Crippen molar-refractivity contribution in [1.82, 2.24) is 30.2 Å². The number of hydrogen-bond acceptors (Lipinski definition) is 3. The molecule has 0 saturated heterocycles. The maximum atomic E-state index is 5.30. The first-order valence-electron chi connectivity index (χ1n) is 7.03. The van der Waals surface area contributed by atoms with Gasteiger partial charge >= 0.3 is 0 Å². The molecule has 2 rings (SSSR count). The molecule has 0 atom stereocenters. The summed E-state index contributed by atoms with van der Waals surface area (Å²) in [5.74, 6) is 0. The van der Waals surface area contributed by atoms with Gasteiger partial charge in [-0.05, 0) is 39.1 Å². The standard InChI is InChI=1S/C14H22N6S/c1-5-20-9-12(11(3)18-20)7-15-14(21)16-8-13-6-10(2)17-19(13)4/h6,9H,5,7-8H2,1-4H3,(H2,15,16,21). The Morgan fingerprint density at radius 1 is 1.24 bits per heavy atom. The molecule has 7 heteroatoms. The van der Waals surface area contributed by atoms with E-state index in [4.69, 9.17) is 12.2 Å². The molecule has 0 amide bonds. The molecule has 0 aromatic carbocycles. The number of aromatic nitrogens is 4. The Morgan fingerprint density at radius 3 is 2.52 bits per heavy atom. The van der Waals surface area contributed by atoms with Crippen molar-refractivity contribution in [3.05, 3.63) is 34.9 Å². The van der Waals surface area contributed by atoms with Gasteiger partial charge in [0.15, 0.2) is 5.11 Å². The third-order valence-electron chi connectivity index (χ3n) is 3.34. The normalized spacial score (nSPS) is 10.7. The Labute approximate surface area is 130 Å². The molecule has 0 unspecified atom stereocenters. The predicted octanol–water partition coefficient (Wildman–Crippen LogP) is 1.42. The van der Waals surface area contributed by atoms with Gasteiger partial charge in [0.25, 0.3) is 0 Å². The second kappa shape index (κ2) is 6.71. The highest BCUT2D eigenvalue weighted by molar-refractivity contribution is 7.80. The van der Waals surface area contributed by atoms with Gasteiger partial charge in [0.2, 0.25) is 0 Å². The van der Waals surface area contributed by atoms with Crippen LogP contribution in [0.1, 0.15) is 29.6 Å². The van der Waals surface area contributed by atoms with Crippen molar-refractivity contribution >= 4 is 17.3 Å². The van der Waals surface area contributed by atoms with Crippen LogP contribution in [-0.2, 0) is 26.7 Å². The van der Waals surface area contributed by atoms with Gasteiger partial charge in [-0.3, -0.25) is 9.36 Å². The number of aryl methyl sites for hydroxylation is 4. The highest BCUT2D eigenvalue weighted by Gasteiger charge is 2.06. The minimum Gasteiger partial charge on any atom is -0.359 e. The zero-order valence-corrected chi connectivity index (χ0v) is 13.8. The van der Waals surface area contributed by atoms with Crippen LogP contribution in [0.25, 0.3) is 0 Å². The maximum Gasteiger partial charge on any atom is 0.166 e. The molecule has 114 valence electrons. The van der Waals surface area contributed by atoms with Crippen LogP contribution in [0.5, 0.6) is 0 Å². The molecule has 0 aliphatic heterocycles. The van der Waals surface area contributed by atoms with Crippen LogP contribution in [-0.4, -0.2) is 24.7 Å². The molecule has 21 heavy (non-hydrogen) atoms. The van der Waals surface area contributed by atoms with E-state index in [1.807, 2.05) is 36.3 Å². The fourth-order valence-electron chi connectivity index (χ4n) is 2.13. The molecule has 0 aliphatic rings. The van der Waals surface area contributed by atoms with Crippen molar-refractivity contribution in [2.45, 2.75) is 40.4 Å². The van der Waals surface area contributed by atoms with Crippen LogP contribution in [0.2, 0.25) is 0 Å². The number of nitrogens with one attached hydrogen (secondary N) is 2. The van der Waals surface area contributed by atoms with Crippen LogP contribution >= 0.6 is 12.2 Å². The van der Waals surface area contributed by atoms with E-state index in [9.17, 15) is 0 Å². The highest BCUT2D eigenvalue weighted by atomic mass is 32.1. The van der Waals surface area contributed by atoms with Crippen molar-refractivity contribution < 1.29 is 0 Å². The van der Waals surface area contributed by atoms with E-state index in [1.54, 1.807) is 0 Å². The molecule has 0 bridgehead atoms. The first-order valence-corrected chi connectivity index (χ1v) is 7.44. The summed E-state index contributed by atoms with van der Waals surface area (Å²) in [6.07, 6.45) is 2.05. The molecule has 0 spiro atoms. The molecular formula is C14H22N6S. The van der Waals surface area contributed by atoms with Gasteiger partial charge in [0, 0.05) is 31.9 Å². The van der Waals surface area contributed by atoms with E-state index < -0.39 is 0 Å². The van der Waals surface area contributed by atoms with E-state index in [0.717, 1.165) is 29.2 Å². The molecule has 0 saturated carbocycles. The summed E-state index contributed by atoms with van der Waals surface area (Å²) in [6.45, 7) is 8.29. The number of nitrogens with zero attached hydrogens (tertiary/aromatic N) is 4. The summed E-state index contributed by atoms with van der Waals surface area (Å²) in [7, 11) is 1.93. The van der Waals surface area contributed by atoms with Gasteiger partial charge in [-0.2, -0.15) is 10.2 Å². The fraction of sp³-hybridized carbons (Fsp3) is 0.500. The third-order valence-corrected chi connectivity index (χ3v) is 3.63. The molecular weight excluding hydrogens is 284 g/mol. The number of rotatable bonds is 5. The van der Waals surface area contributed by atoms with Gasteiger partial charge in [0.1, 0.15) is 0 Å². The summed E-state index contributed by atoms with van der Waals surface area (Å²) in [5, 5.41) is 15.8. The van der Waals surface area contributed by atoms with Crippen LogP contribution in [0.4, 0.5) is 0 Å². The maximum absolute atomic E-state index is 5.30. The van der Waals surface area contributed by atoms with Crippen LogP contribution in [0.15, 0.2) is 12.3 Å². The molecule has 0 aliphatic carbocycles. The van der Waals surface area contributed by atoms with Crippen molar-refractivity contribution in [1.29, 1.82) is 0 Å². The monoisotopic (exact) mass is 306 g/mol. The number of thiocarbonyl (C=S) groups is 1. The summed E-state index contributed by atoms with van der Waals surface area (Å²) < 4.78 is 3.79. The minimum absolute atomic E-state index is 0.637. The second-order valence-electron chi connectivity index (χ2n) is 5.03. The van der Waals surface area contributed by atoms with Gasteiger partial charge in [-0.15, -0.1) is 0 Å². The number of hydrogen-bond donors (Lipinski definition) is 2. The largest absolute Gasteiger partial charge is 0.359 e. The zero-order chi connectivity index (χ0) is 15.4. The summed E-state index contributed by atoms with van der Waals surface area (Å²) in [5.41, 5.74) is 4.31. The third kappa shape index (κ3) is 4.04. The van der Waals surface area contributed by atoms with Crippen molar-refractivity contribution in [3.63, 3.8) is 0 Å². The van der Waals surface area contributed by atoms with E-state index in [2.05, 4.69) is 34.0 Å². The molecule has 0 fully saturated rings. The van der Waals surface area contributed by atoms with E-state index in [0.29, 0.717) is 18.2 Å². The van der Waals surface area contributed by atoms with Crippen LogP contribution < -0.4 is 10.6 Å². The Hall–Kier alpha value is -1.89. The SMILES string of the molecule is CCn1cc(CNC(=S)NCc2cc(C)nn2C)c(C)n1. The molecule has 2 heterocycles.